The maximum atomic E-state index is 14.0. The number of carbonyl (C=O) groups excluding carboxylic acids is 3. The maximum Gasteiger partial charge on any atom is 0.246 e. The molecule has 6 rings (SSSR count). The number of fused-ring (bicyclic) bond motifs is 1. The average Bonchev–Trinajstić information content (AvgIpc) is 3.57. The molecule has 3 aliphatic heterocycles. The van der Waals surface area contributed by atoms with Gasteiger partial charge in [0.2, 0.25) is 17.7 Å². The molecular weight excluding hydrogens is 546 g/mol. The molecule has 2 bridgehead atoms. The number of rotatable bonds is 7. The highest BCUT2D eigenvalue weighted by atomic mass is 79.9. The predicted octanol–water partition coefficient (Wildman–Crippen LogP) is 4.05. The number of amides is 3. The lowest BCUT2D eigenvalue weighted by Gasteiger charge is -2.32. The van der Waals surface area contributed by atoms with Crippen molar-refractivity contribution in [3.8, 4) is 0 Å². The molecule has 8 heteroatoms. The Kier molecular flexibility index (Phi) is 6.37. The molecule has 3 heterocycles. The normalized spacial score (nSPS) is 26.9. The minimum absolute atomic E-state index is 0.240. The van der Waals surface area contributed by atoms with E-state index in [1.54, 1.807) is 17.0 Å². The van der Waals surface area contributed by atoms with E-state index in [9.17, 15) is 14.4 Å². The molecule has 5 atom stereocenters. The third-order valence-electron chi connectivity index (χ3n) is 7.54. The largest absolute Gasteiger partial charge is 0.359 e. The van der Waals surface area contributed by atoms with Crippen molar-refractivity contribution in [1.82, 2.24) is 10.2 Å². The van der Waals surface area contributed by atoms with Crippen LogP contribution in [0.4, 0.5) is 5.69 Å². The minimum Gasteiger partial charge on any atom is -0.359 e. The Balaban J connectivity index is 1.31. The van der Waals surface area contributed by atoms with Gasteiger partial charge in [-0.25, -0.2) is 0 Å². The first-order valence-electron chi connectivity index (χ1n) is 12.6. The topological polar surface area (TPSA) is 87.7 Å². The van der Waals surface area contributed by atoms with Gasteiger partial charge in [-0.15, -0.1) is 0 Å². The second-order valence-electron chi connectivity index (χ2n) is 9.85. The van der Waals surface area contributed by atoms with Gasteiger partial charge in [-0.2, -0.15) is 0 Å². The van der Waals surface area contributed by atoms with Gasteiger partial charge >= 0.3 is 0 Å². The highest BCUT2D eigenvalue weighted by Crippen LogP contribution is 2.55. The quantitative estimate of drug-likeness (QED) is 0.419. The Morgan fingerprint density at radius 3 is 2.24 bits per heavy atom. The van der Waals surface area contributed by atoms with Gasteiger partial charge in [0.15, 0.2) is 0 Å². The fraction of sp³-hybridized carbons (Fsp3) is 0.233. The van der Waals surface area contributed by atoms with Gasteiger partial charge in [0, 0.05) is 23.2 Å². The van der Waals surface area contributed by atoms with Gasteiger partial charge in [-0.05, 0) is 35.4 Å². The van der Waals surface area contributed by atoms with E-state index >= 15 is 0 Å². The number of anilines is 1. The van der Waals surface area contributed by atoms with Crippen LogP contribution in [0.15, 0.2) is 102 Å². The summed E-state index contributed by atoms with van der Waals surface area (Å²) in [6, 6.07) is 25.5. The first-order valence-corrected chi connectivity index (χ1v) is 13.4. The van der Waals surface area contributed by atoms with Crippen molar-refractivity contribution in [2.24, 2.45) is 11.8 Å². The molecule has 2 saturated heterocycles. The summed E-state index contributed by atoms with van der Waals surface area (Å²) in [7, 11) is 0. The summed E-state index contributed by atoms with van der Waals surface area (Å²) in [4.78, 5) is 42.9. The number of nitrogens with zero attached hydrogens (tertiary/aromatic N) is 1. The molecule has 2 N–H and O–H groups in total. The van der Waals surface area contributed by atoms with Crippen molar-refractivity contribution < 1.29 is 19.1 Å². The monoisotopic (exact) mass is 571 g/mol. The summed E-state index contributed by atoms with van der Waals surface area (Å²) in [5.41, 5.74) is 1.27. The van der Waals surface area contributed by atoms with Crippen LogP contribution in [-0.4, -0.2) is 40.4 Å². The molecule has 1 spiro atoms. The molecule has 3 amide bonds. The van der Waals surface area contributed by atoms with E-state index in [0.29, 0.717) is 12.2 Å². The lowest BCUT2D eigenvalue weighted by molar-refractivity contribution is -0.141. The zero-order valence-electron chi connectivity index (χ0n) is 20.4. The highest BCUT2D eigenvalue weighted by molar-refractivity contribution is 9.10. The third kappa shape index (κ3) is 4.23. The van der Waals surface area contributed by atoms with E-state index in [4.69, 9.17) is 4.74 Å². The summed E-state index contributed by atoms with van der Waals surface area (Å²) in [5.74, 6) is -2.41. The van der Waals surface area contributed by atoms with Crippen LogP contribution in [0.1, 0.15) is 11.1 Å². The Hall–Kier alpha value is -3.75. The Morgan fingerprint density at radius 1 is 0.895 bits per heavy atom. The fourth-order valence-electron chi connectivity index (χ4n) is 5.86. The van der Waals surface area contributed by atoms with Crippen LogP contribution in [0.25, 0.3) is 0 Å². The number of nitrogens with one attached hydrogen (secondary N) is 2. The number of likely N-dealkylation sites (tertiary alicyclic amines) is 1. The molecule has 38 heavy (non-hydrogen) atoms. The first kappa shape index (κ1) is 24.6. The molecule has 0 aromatic heterocycles. The smallest absolute Gasteiger partial charge is 0.246 e. The van der Waals surface area contributed by atoms with Crippen LogP contribution >= 0.6 is 15.9 Å². The van der Waals surface area contributed by atoms with Crippen molar-refractivity contribution in [3.63, 3.8) is 0 Å². The average molecular weight is 572 g/mol. The SMILES string of the molecule is O=C(Nc1ccc(Br)cc1)[C@@H]1[C@@H]2C=C[C@]3(O2)[C@H](C(=O)NCc2ccccc2)N(Cc2ccccc2)C(=O)[C@@H]13. The van der Waals surface area contributed by atoms with E-state index in [2.05, 4.69) is 26.6 Å². The van der Waals surface area contributed by atoms with E-state index in [0.717, 1.165) is 15.6 Å². The second kappa shape index (κ2) is 9.85. The molecular formula is C30H26BrN3O4. The van der Waals surface area contributed by atoms with Crippen LogP contribution in [0.3, 0.4) is 0 Å². The molecule has 0 aliphatic carbocycles. The minimum atomic E-state index is -1.21. The van der Waals surface area contributed by atoms with Crippen molar-refractivity contribution in [3.05, 3.63) is 113 Å². The number of hydrogen-bond donors (Lipinski definition) is 2. The maximum absolute atomic E-state index is 14.0. The van der Waals surface area contributed by atoms with E-state index in [1.165, 1.54) is 0 Å². The molecule has 0 saturated carbocycles. The number of halogens is 1. The predicted molar refractivity (Wildman–Crippen MR) is 146 cm³/mol. The summed E-state index contributed by atoms with van der Waals surface area (Å²) >= 11 is 3.40. The van der Waals surface area contributed by atoms with Crippen LogP contribution in [0.2, 0.25) is 0 Å². The van der Waals surface area contributed by atoms with E-state index < -0.39 is 29.6 Å². The number of hydrogen-bond acceptors (Lipinski definition) is 4. The van der Waals surface area contributed by atoms with Gasteiger partial charge in [0.05, 0.1) is 17.9 Å². The number of benzene rings is 3. The van der Waals surface area contributed by atoms with E-state index in [1.807, 2.05) is 84.9 Å². The van der Waals surface area contributed by atoms with Crippen molar-refractivity contribution in [2.75, 3.05) is 5.32 Å². The standard InChI is InChI=1S/C30H26BrN3O4/c31-21-11-13-22(14-12-21)33-27(35)24-23-15-16-30(38-23)25(24)29(37)34(18-20-9-5-2-6-10-20)26(30)28(36)32-17-19-7-3-1-4-8-19/h1-16,23-26H,17-18H2,(H,32,36)(H,33,35)/t23-,24+,25+,26-,30+/m0/s1. The Bertz CT molecular complexity index is 1400. The van der Waals surface area contributed by atoms with Crippen molar-refractivity contribution in [1.29, 1.82) is 0 Å². The summed E-state index contributed by atoms with van der Waals surface area (Å²) in [6.45, 7) is 0.565. The van der Waals surface area contributed by atoms with Crippen LogP contribution in [-0.2, 0) is 32.2 Å². The first-order chi connectivity index (χ1) is 18.5. The zero-order chi connectivity index (χ0) is 26.3. The molecule has 0 unspecified atom stereocenters. The van der Waals surface area contributed by atoms with Gasteiger partial charge in [-0.3, -0.25) is 14.4 Å². The highest BCUT2D eigenvalue weighted by Gasteiger charge is 2.72. The lowest BCUT2D eigenvalue weighted by atomic mass is 9.74. The van der Waals surface area contributed by atoms with Crippen LogP contribution < -0.4 is 10.6 Å². The molecule has 0 radical (unpaired) electrons. The number of carbonyl (C=O) groups is 3. The third-order valence-corrected chi connectivity index (χ3v) is 8.07. The summed E-state index contributed by atoms with van der Waals surface area (Å²) < 4.78 is 7.29. The van der Waals surface area contributed by atoms with Crippen molar-refractivity contribution in [2.45, 2.75) is 30.8 Å². The molecule has 7 nitrogen and oxygen atoms in total. The van der Waals surface area contributed by atoms with E-state index in [-0.39, 0.29) is 24.3 Å². The Morgan fingerprint density at radius 2 is 1.55 bits per heavy atom. The second-order valence-corrected chi connectivity index (χ2v) is 10.8. The molecule has 3 aliphatic rings. The molecule has 192 valence electrons. The molecule has 3 aromatic carbocycles. The fourth-order valence-corrected chi connectivity index (χ4v) is 6.12. The molecule has 2 fully saturated rings. The van der Waals surface area contributed by atoms with Crippen molar-refractivity contribution >= 4 is 39.3 Å². The van der Waals surface area contributed by atoms with Crippen LogP contribution in [0, 0.1) is 11.8 Å². The van der Waals surface area contributed by atoms with Gasteiger partial charge < -0.3 is 20.3 Å². The van der Waals surface area contributed by atoms with Gasteiger partial charge in [0.1, 0.15) is 11.6 Å². The zero-order valence-corrected chi connectivity index (χ0v) is 22.0. The summed E-state index contributed by atoms with van der Waals surface area (Å²) in [6.07, 6.45) is 3.06. The molecule has 3 aromatic rings. The summed E-state index contributed by atoms with van der Waals surface area (Å²) in [5, 5.41) is 5.94. The Labute approximate surface area is 229 Å². The lowest BCUT2D eigenvalue weighted by Crippen LogP contribution is -2.54. The number of ether oxygens (including phenoxy) is 1. The van der Waals surface area contributed by atoms with Crippen LogP contribution in [0.5, 0.6) is 0 Å². The van der Waals surface area contributed by atoms with Gasteiger partial charge in [-0.1, -0.05) is 88.7 Å². The van der Waals surface area contributed by atoms with Gasteiger partial charge in [0.25, 0.3) is 0 Å².